The van der Waals surface area contributed by atoms with Gasteiger partial charge in [-0.3, -0.25) is 0 Å². The van der Waals surface area contributed by atoms with Gasteiger partial charge in [0.1, 0.15) is 5.75 Å². The molecule has 8 heteroatoms. The number of benzene rings is 1. The fourth-order valence-electron chi connectivity index (χ4n) is 2.45. The van der Waals surface area contributed by atoms with E-state index in [0.29, 0.717) is 5.56 Å². The third-order valence-corrected chi connectivity index (χ3v) is 4.24. The molecule has 0 saturated carbocycles. The Kier molecular flexibility index (Phi) is 10.3. The molecule has 1 aromatic carbocycles. The Morgan fingerprint density at radius 2 is 1.89 bits per heavy atom. The second-order valence-electron chi connectivity index (χ2n) is 6.55. The van der Waals surface area contributed by atoms with Crippen molar-refractivity contribution in [2.75, 3.05) is 19.8 Å². The van der Waals surface area contributed by atoms with Crippen LogP contribution in [0.1, 0.15) is 50.2 Å². The Morgan fingerprint density at radius 3 is 2.48 bits per heavy atom. The molecule has 0 spiro atoms. The number of alkyl halides is 3. The van der Waals surface area contributed by atoms with Gasteiger partial charge < -0.3 is 20.1 Å². The van der Waals surface area contributed by atoms with Crippen molar-refractivity contribution in [2.24, 2.45) is 5.73 Å². The smallest absolute Gasteiger partial charge is 0.419 e. The van der Waals surface area contributed by atoms with Crippen molar-refractivity contribution in [1.82, 2.24) is 0 Å². The maximum atomic E-state index is 13.4. The lowest BCUT2D eigenvalue weighted by Gasteiger charge is -2.22. The predicted molar refractivity (Wildman–Crippen MR) is 104 cm³/mol. The third kappa shape index (κ3) is 8.60. The van der Waals surface area contributed by atoms with Crippen LogP contribution in [0.4, 0.5) is 13.2 Å². The molecular formula is C19H29F3NO3P. The number of ether oxygens (including phenoxy) is 1. The van der Waals surface area contributed by atoms with Gasteiger partial charge >= 0.3 is 6.18 Å². The van der Waals surface area contributed by atoms with Crippen molar-refractivity contribution >= 4 is 15.5 Å². The molecule has 0 radical (unpaired) electrons. The van der Waals surface area contributed by atoms with Crippen LogP contribution >= 0.6 is 9.47 Å². The normalized spacial score (nSPS) is 14.5. The SMILES string of the molecule is CCCCCCCOc1ccc(/C=C/C(N)(CO)COP)cc1C(F)(F)F. The Hall–Kier alpha value is -1.14. The van der Waals surface area contributed by atoms with Crippen LogP contribution in [-0.4, -0.2) is 30.5 Å². The zero-order valence-corrected chi connectivity index (χ0v) is 16.8. The van der Waals surface area contributed by atoms with Crippen LogP contribution in [0.3, 0.4) is 0 Å². The number of hydrogen-bond acceptors (Lipinski definition) is 4. The van der Waals surface area contributed by atoms with Crippen LogP contribution in [0.2, 0.25) is 0 Å². The summed E-state index contributed by atoms with van der Waals surface area (Å²) in [5.74, 6) is -0.176. The highest BCUT2D eigenvalue weighted by molar-refractivity contribution is 7.09. The average molecular weight is 407 g/mol. The van der Waals surface area contributed by atoms with Crippen LogP contribution in [-0.2, 0) is 10.7 Å². The fraction of sp³-hybridized carbons (Fsp3) is 0.579. The summed E-state index contributed by atoms with van der Waals surface area (Å²) in [6.45, 7) is 1.97. The van der Waals surface area contributed by atoms with E-state index in [4.69, 9.17) is 15.0 Å². The van der Waals surface area contributed by atoms with Crippen LogP contribution in [0.15, 0.2) is 24.3 Å². The van der Waals surface area contributed by atoms with Gasteiger partial charge in [0.2, 0.25) is 0 Å². The van der Waals surface area contributed by atoms with E-state index in [-0.39, 0.29) is 19.0 Å². The van der Waals surface area contributed by atoms with E-state index in [0.717, 1.165) is 38.2 Å². The fourth-order valence-corrected chi connectivity index (χ4v) is 2.76. The summed E-state index contributed by atoms with van der Waals surface area (Å²) >= 11 is 0. The van der Waals surface area contributed by atoms with Crippen LogP contribution in [0.25, 0.3) is 6.08 Å². The Morgan fingerprint density at radius 1 is 1.19 bits per heavy atom. The topological polar surface area (TPSA) is 64.7 Å². The molecule has 0 bridgehead atoms. The van der Waals surface area contributed by atoms with Crippen molar-refractivity contribution in [3.8, 4) is 5.75 Å². The molecule has 2 unspecified atom stereocenters. The zero-order valence-electron chi connectivity index (χ0n) is 15.6. The highest BCUT2D eigenvalue weighted by Crippen LogP contribution is 2.37. The monoisotopic (exact) mass is 407 g/mol. The lowest BCUT2D eigenvalue weighted by atomic mass is 10.0. The van der Waals surface area contributed by atoms with Gasteiger partial charge in [-0.15, -0.1) is 0 Å². The summed E-state index contributed by atoms with van der Waals surface area (Å²) in [6, 6.07) is 3.86. The first-order valence-electron chi connectivity index (χ1n) is 9.00. The molecule has 0 fully saturated rings. The van der Waals surface area contributed by atoms with Gasteiger partial charge in [0.25, 0.3) is 0 Å². The third-order valence-electron chi connectivity index (χ3n) is 4.07. The van der Waals surface area contributed by atoms with Crippen LogP contribution < -0.4 is 10.5 Å². The van der Waals surface area contributed by atoms with Crippen LogP contribution in [0, 0.1) is 0 Å². The summed E-state index contributed by atoms with van der Waals surface area (Å²) in [4.78, 5) is 0. The van der Waals surface area contributed by atoms with Crippen molar-refractivity contribution in [3.05, 3.63) is 35.4 Å². The second kappa shape index (κ2) is 11.6. The summed E-state index contributed by atoms with van der Waals surface area (Å²) in [7, 11) is 2.02. The number of nitrogens with two attached hydrogens (primary N) is 1. The van der Waals surface area contributed by atoms with Crippen LogP contribution in [0.5, 0.6) is 5.75 Å². The lowest BCUT2D eigenvalue weighted by Crippen LogP contribution is -2.45. The van der Waals surface area contributed by atoms with Crippen molar-refractivity contribution < 1.29 is 27.5 Å². The average Bonchev–Trinajstić information content (AvgIpc) is 2.63. The zero-order chi connectivity index (χ0) is 20.3. The minimum atomic E-state index is -4.53. The lowest BCUT2D eigenvalue weighted by molar-refractivity contribution is -0.139. The van der Waals surface area contributed by atoms with Gasteiger partial charge in [-0.05, 0) is 24.1 Å². The first-order chi connectivity index (χ1) is 12.8. The van der Waals surface area contributed by atoms with E-state index >= 15 is 0 Å². The summed E-state index contributed by atoms with van der Waals surface area (Å²) in [6.07, 6.45) is 3.28. The second-order valence-corrected chi connectivity index (χ2v) is 6.88. The Labute approximate surface area is 161 Å². The highest BCUT2D eigenvalue weighted by atomic mass is 31.0. The molecule has 0 amide bonds. The number of halogens is 3. The quantitative estimate of drug-likeness (QED) is 0.394. The molecular weight excluding hydrogens is 378 g/mol. The maximum Gasteiger partial charge on any atom is 0.419 e. The predicted octanol–water partition coefficient (Wildman–Crippen LogP) is 4.56. The Balaban J connectivity index is 2.87. The van der Waals surface area contributed by atoms with E-state index in [1.54, 1.807) is 0 Å². The molecule has 1 aromatic rings. The largest absolute Gasteiger partial charge is 0.493 e. The molecule has 4 nitrogen and oxygen atoms in total. The van der Waals surface area contributed by atoms with Crippen molar-refractivity contribution in [3.63, 3.8) is 0 Å². The molecule has 0 aliphatic heterocycles. The summed E-state index contributed by atoms with van der Waals surface area (Å²) < 4.78 is 50.3. The minimum absolute atomic E-state index is 0.00994. The molecule has 27 heavy (non-hydrogen) atoms. The highest BCUT2D eigenvalue weighted by Gasteiger charge is 2.34. The van der Waals surface area contributed by atoms with Crippen molar-refractivity contribution in [2.45, 2.75) is 50.7 Å². The van der Waals surface area contributed by atoms with E-state index in [2.05, 4.69) is 6.92 Å². The van der Waals surface area contributed by atoms with E-state index < -0.39 is 23.9 Å². The number of rotatable bonds is 12. The Bertz CT molecular complexity index is 596. The van der Waals surface area contributed by atoms with E-state index in [1.165, 1.54) is 24.3 Å². The number of hydrogen-bond donors (Lipinski definition) is 2. The molecule has 0 aromatic heterocycles. The van der Waals surface area contributed by atoms with Gasteiger partial charge in [-0.2, -0.15) is 13.2 Å². The molecule has 1 rings (SSSR count). The molecule has 0 saturated heterocycles. The molecule has 154 valence electrons. The first-order valence-corrected chi connectivity index (χ1v) is 9.47. The first kappa shape index (κ1) is 23.9. The number of aliphatic hydroxyl groups is 1. The summed E-state index contributed by atoms with van der Waals surface area (Å²) in [5.41, 5.74) is 4.21. The number of aliphatic hydroxyl groups excluding tert-OH is 1. The van der Waals surface area contributed by atoms with Crippen molar-refractivity contribution in [1.29, 1.82) is 0 Å². The molecule has 0 aliphatic carbocycles. The molecule has 0 heterocycles. The van der Waals surface area contributed by atoms with E-state index in [9.17, 15) is 18.3 Å². The van der Waals surface area contributed by atoms with E-state index in [1.807, 2.05) is 9.47 Å². The molecule has 0 aliphatic rings. The minimum Gasteiger partial charge on any atom is -0.493 e. The van der Waals surface area contributed by atoms with Gasteiger partial charge in [-0.25, -0.2) is 0 Å². The van der Waals surface area contributed by atoms with Gasteiger partial charge in [0.15, 0.2) is 0 Å². The molecule has 3 N–H and O–H groups in total. The number of unbranched alkanes of at least 4 members (excludes halogenated alkanes) is 4. The summed E-state index contributed by atoms with van der Waals surface area (Å²) in [5, 5.41) is 9.33. The standard InChI is InChI=1S/C19H29F3NO3P/c1-2-3-4-5-6-11-25-17-8-7-15(12-16(17)19(20,21)22)9-10-18(23,13-24)14-26-27/h7-10,12,24H,2-6,11,13-14,23,27H2,1H3/b10-9+. The van der Waals surface area contributed by atoms with Gasteiger partial charge in [-0.1, -0.05) is 50.8 Å². The molecule has 2 atom stereocenters. The van der Waals surface area contributed by atoms with Gasteiger partial charge in [0.05, 0.1) is 30.9 Å². The maximum absolute atomic E-state index is 13.4. The van der Waals surface area contributed by atoms with Gasteiger partial charge in [0, 0.05) is 9.47 Å².